The van der Waals surface area contributed by atoms with Gasteiger partial charge in [-0.2, -0.15) is 0 Å². The second kappa shape index (κ2) is 11.2. The molecule has 4 aromatic rings. The summed E-state index contributed by atoms with van der Waals surface area (Å²) in [6, 6.07) is 34.6. The Hall–Kier alpha value is -3.04. The summed E-state index contributed by atoms with van der Waals surface area (Å²) in [6.07, 6.45) is 0. The molecule has 0 aromatic heterocycles. The molecule has 0 unspecified atom stereocenters. The Morgan fingerprint density at radius 2 is 1.31 bits per heavy atom. The molecule has 0 fully saturated rings. The molecule has 2 atom stereocenters. The van der Waals surface area contributed by atoms with Crippen LogP contribution in [0.4, 0.5) is 11.4 Å². The molecule has 0 aliphatic carbocycles. The summed E-state index contributed by atoms with van der Waals surface area (Å²) in [5.41, 5.74) is 9.85. The number of amidine groups is 1. The van der Waals surface area contributed by atoms with Crippen LogP contribution in [0.2, 0.25) is 0 Å². The number of hydrogen-bond donors (Lipinski definition) is 0. The van der Waals surface area contributed by atoms with Gasteiger partial charge in [-0.25, -0.2) is 0 Å². The molecule has 6 rings (SSSR count). The van der Waals surface area contributed by atoms with Gasteiger partial charge in [0.25, 0.3) is 0 Å². The van der Waals surface area contributed by atoms with E-state index in [1.165, 1.54) is 33.5 Å². The van der Waals surface area contributed by atoms with Crippen LogP contribution in [0.15, 0.2) is 102 Å². The van der Waals surface area contributed by atoms with E-state index in [-0.39, 0.29) is 17.5 Å². The third kappa shape index (κ3) is 5.14. The molecule has 0 saturated heterocycles. The molecule has 2 heterocycles. The second-order valence-corrected chi connectivity index (χ2v) is 11.2. The number of hydrogen-bond acceptors (Lipinski definition) is 3. The van der Waals surface area contributed by atoms with Gasteiger partial charge in [-0.1, -0.05) is 106 Å². The first-order valence-corrected chi connectivity index (χ1v) is 14.5. The molecule has 3 nitrogen and oxygen atoms in total. The van der Waals surface area contributed by atoms with Gasteiger partial charge in [-0.15, -0.1) is 0 Å². The number of aliphatic imine (C=N–C) groups is 1. The molecule has 0 bridgehead atoms. The Bertz CT molecular complexity index is 1450. The Morgan fingerprint density at radius 1 is 0.769 bits per heavy atom. The van der Waals surface area contributed by atoms with Crippen LogP contribution in [0.3, 0.4) is 0 Å². The fraction of sp³-hybridized carbons (Fsp3) is 0.235. The number of para-hydroxylation sites is 1. The van der Waals surface area contributed by atoms with Crippen molar-refractivity contribution in [2.75, 3.05) is 4.90 Å². The van der Waals surface area contributed by atoms with Crippen molar-refractivity contribution in [1.82, 2.24) is 4.90 Å². The van der Waals surface area contributed by atoms with Crippen molar-refractivity contribution >= 4 is 27.3 Å². The number of anilines is 2. The molecule has 0 saturated carbocycles. The van der Waals surface area contributed by atoms with E-state index in [1.54, 1.807) is 0 Å². The molecule has 5 heteroatoms. The van der Waals surface area contributed by atoms with Gasteiger partial charge >= 0.3 is 25.2 Å². The van der Waals surface area contributed by atoms with Crippen molar-refractivity contribution in [2.24, 2.45) is 4.99 Å². The molecule has 39 heavy (non-hydrogen) atoms. The van der Waals surface area contributed by atoms with Crippen molar-refractivity contribution in [3.05, 3.63) is 137 Å². The van der Waals surface area contributed by atoms with E-state index >= 15 is 0 Å². The zero-order chi connectivity index (χ0) is 27.7. The van der Waals surface area contributed by atoms with Gasteiger partial charge in [0, 0.05) is 11.3 Å². The number of benzene rings is 4. The predicted octanol–water partition coefficient (Wildman–Crippen LogP) is 8.98. The molecule has 2 radical (unpaired) electrons. The van der Waals surface area contributed by atoms with Crippen LogP contribution in [0.25, 0.3) is 0 Å². The summed E-state index contributed by atoms with van der Waals surface area (Å²) >= 11 is 3.66. The van der Waals surface area contributed by atoms with Gasteiger partial charge in [0.1, 0.15) is 11.9 Å². The molecule has 4 aromatic carbocycles. The van der Waals surface area contributed by atoms with E-state index < -0.39 is 0 Å². The third-order valence-electron chi connectivity index (χ3n) is 7.52. The van der Waals surface area contributed by atoms with Gasteiger partial charge in [-0.3, -0.25) is 4.99 Å². The fourth-order valence-electron chi connectivity index (χ4n) is 5.67. The summed E-state index contributed by atoms with van der Waals surface area (Å²) in [5.74, 6) is 0.983. The van der Waals surface area contributed by atoms with E-state index in [0.29, 0.717) is 0 Å². The summed E-state index contributed by atoms with van der Waals surface area (Å²) in [7, 11) is 4.20. The van der Waals surface area contributed by atoms with Gasteiger partial charge in [0.05, 0.1) is 11.7 Å². The minimum absolute atomic E-state index is 0.0175. The molecule has 0 spiro atoms. The zero-order valence-electron chi connectivity index (χ0n) is 22.9. The summed E-state index contributed by atoms with van der Waals surface area (Å²) in [5, 5.41) is 0. The topological polar surface area (TPSA) is 18.8 Å². The third-order valence-corrected chi connectivity index (χ3v) is 7.52. The minimum atomic E-state index is -0.0235. The second-order valence-electron chi connectivity index (χ2n) is 11.2. The Kier molecular flexibility index (Phi) is 7.91. The molecule has 0 amide bonds. The Labute approximate surface area is 245 Å². The average molecular weight is 583 g/mol. The van der Waals surface area contributed by atoms with Gasteiger partial charge in [0.15, 0.2) is 0 Å². The van der Waals surface area contributed by atoms with E-state index in [4.69, 9.17) is 4.99 Å². The van der Waals surface area contributed by atoms with Gasteiger partial charge < -0.3 is 9.80 Å². The van der Waals surface area contributed by atoms with Crippen LogP contribution in [-0.4, -0.2) is 10.7 Å². The fourth-order valence-corrected chi connectivity index (χ4v) is 5.67. The Balaban J connectivity index is 0.00000151. The average Bonchev–Trinajstić information content (AvgIpc) is 3.34. The monoisotopic (exact) mass is 581 g/mol. The summed E-state index contributed by atoms with van der Waals surface area (Å²) < 4.78 is 0. The van der Waals surface area contributed by atoms with E-state index in [2.05, 4.69) is 173 Å². The molecule has 0 N–H and O–H groups in total. The van der Waals surface area contributed by atoms with Crippen LogP contribution >= 0.6 is 10.1 Å². The number of aryl methyl sites for hydroxylation is 2. The summed E-state index contributed by atoms with van der Waals surface area (Å²) in [6.45, 7) is 15.1. The molecule has 2 aliphatic rings. The van der Waals surface area contributed by atoms with Crippen LogP contribution in [0.5, 0.6) is 0 Å². The van der Waals surface area contributed by atoms with E-state index in [9.17, 15) is 0 Å². The predicted molar refractivity (Wildman–Crippen MR) is 159 cm³/mol. The first kappa shape index (κ1) is 27.5. The number of nitrogens with zero attached hydrogens (tertiary/aromatic N) is 3. The molecule has 202 valence electrons. The van der Waals surface area contributed by atoms with Crippen LogP contribution < -0.4 is 4.90 Å². The number of rotatable bonds is 3. The van der Waals surface area contributed by atoms with E-state index in [1.807, 2.05) is 0 Å². The standard InChI is InChI=1S/C34H33N3.ClH.Cu/c1-23-20-27(34(3,4)5)21-24(2)31(23)36-22-37-32(26-16-10-7-11-17-26)30(25-14-8-6-9-15-25)35-33(37)28-18-12-13-19-29(28)36;;/h6-21,30,32H,1-5H3;1H;/q;;+1/p-1/t30-,32-;;/m0../s1. The first-order valence-electron chi connectivity index (χ1n) is 13.2. The SMILES string of the molecule is Cc1cc(C(C)(C)C)cc(C)c1N1[C]N2C(=N[C@@H](c3ccccc3)[C@@H]2c2ccccc2)c2ccccc21.[Cl][Cu]. The maximum atomic E-state index is 5.35. The number of halogens is 1. The molecular weight excluding hydrogens is 549 g/mol. The van der Waals surface area contributed by atoms with E-state index in [0.717, 1.165) is 17.1 Å². The van der Waals surface area contributed by atoms with Crippen LogP contribution in [-0.2, 0) is 20.5 Å². The van der Waals surface area contributed by atoms with Crippen LogP contribution in [0.1, 0.15) is 66.2 Å². The van der Waals surface area contributed by atoms with Crippen molar-refractivity contribution < 1.29 is 15.1 Å². The van der Waals surface area contributed by atoms with Crippen molar-refractivity contribution in [2.45, 2.75) is 52.1 Å². The van der Waals surface area contributed by atoms with Gasteiger partial charge in [-0.05, 0) is 59.2 Å². The van der Waals surface area contributed by atoms with Crippen molar-refractivity contribution in [1.29, 1.82) is 0 Å². The van der Waals surface area contributed by atoms with Crippen molar-refractivity contribution in [3.63, 3.8) is 0 Å². The summed E-state index contributed by atoms with van der Waals surface area (Å²) in [4.78, 5) is 9.88. The Morgan fingerprint density at radius 3 is 1.90 bits per heavy atom. The molecular formula is C34H33ClCuN3. The number of fused-ring (bicyclic) bond motifs is 3. The normalized spacial score (nSPS) is 18.1. The quantitative estimate of drug-likeness (QED) is 0.225. The molecule has 2 aliphatic heterocycles. The van der Waals surface area contributed by atoms with Crippen molar-refractivity contribution in [3.8, 4) is 0 Å². The maximum absolute atomic E-state index is 5.35. The van der Waals surface area contributed by atoms with Gasteiger partial charge in [0.2, 0.25) is 6.67 Å². The zero-order valence-corrected chi connectivity index (χ0v) is 24.6. The first-order chi connectivity index (χ1) is 18.8. The van der Waals surface area contributed by atoms with Crippen LogP contribution in [0, 0.1) is 20.5 Å².